The summed E-state index contributed by atoms with van der Waals surface area (Å²) in [6.45, 7) is 8.03. The van der Waals surface area contributed by atoms with Crippen molar-refractivity contribution in [1.82, 2.24) is 0 Å². The molecule has 0 aromatic heterocycles. The van der Waals surface area contributed by atoms with Gasteiger partial charge in [-0.3, -0.25) is 10.1 Å². The Morgan fingerprint density at radius 2 is 0.953 bits per heavy atom. The van der Waals surface area contributed by atoms with Gasteiger partial charge in [0.1, 0.15) is 5.75 Å². The van der Waals surface area contributed by atoms with E-state index in [2.05, 4.69) is 58.8 Å². The Morgan fingerprint density at radius 3 is 1.42 bits per heavy atom. The molecule has 0 aliphatic heterocycles. The number of rotatable bonds is 10. The van der Waals surface area contributed by atoms with E-state index in [9.17, 15) is 15.2 Å². The van der Waals surface area contributed by atoms with Crippen molar-refractivity contribution in [3.05, 3.63) is 129 Å². The second kappa shape index (κ2) is 12.4. The number of nitrogens with zero attached hydrogens (tertiary/aromatic N) is 1. The van der Waals surface area contributed by atoms with Crippen LogP contribution in [0.2, 0.25) is 0 Å². The van der Waals surface area contributed by atoms with Crippen molar-refractivity contribution in [2.45, 2.75) is 27.7 Å². The van der Waals surface area contributed by atoms with Gasteiger partial charge in [-0.05, 0) is 129 Å². The van der Waals surface area contributed by atoms with Crippen molar-refractivity contribution in [1.29, 1.82) is 0 Å². The summed E-state index contributed by atoms with van der Waals surface area (Å²) < 4.78 is 0. The fourth-order valence-electron chi connectivity index (χ4n) is 4.69. The summed E-state index contributed by atoms with van der Waals surface area (Å²) in [6, 6.07) is 30.1. The summed E-state index contributed by atoms with van der Waals surface area (Å²) in [5, 5.41) is 31.2. The minimum absolute atomic E-state index is 0.0291. The summed E-state index contributed by atoms with van der Waals surface area (Å²) in [5.41, 5.74) is 17.5. The number of aromatic hydroxyl groups is 1. The zero-order chi connectivity index (χ0) is 30.5. The SMILES string of the molecule is Cc1cc(Nc2ccc(Nc3ccc(Nc4ccc(NNc5cccc([N+](=O)[O-])c5)cc4C)cc3C)cc2C)ccc1O. The van der Waals surface area contributed by atoms with Crippen LogP contribution in [0.1, 0.15) is 22.3 Å². The van der Waals surface area contributed by atoms with E-state index in [-0.39, 0.29) is 11.4 Å². The predicted octanol–water partition coefficient (Wildman–Crippen LogP) is 9.20. The van der Waals surface area contributed by atoms with Crippen LogP contribution in [0.5, 0.6) is 5.75 Å². The molecule has 5 aromatic rings. The largest absolute Gasteiger partial charge is 0.508 e. The second-order valence-electron chi connectivity index (χ2n) is 10.5. The molecule has 0 spiro atoms. The highest BCUT2D eigenvalue weighted by atomic mass is 16.6. The molecule has 0 saturated heterocycles. The van der Waals surface area contributed by atoms with Crippen molar-refractivity contribution in [3.63, 3.8) is 0 Å². The van der Waals surface area contributed by atoms with Gasteiger partial charge in [-0.25, -0.2) is 0 Å². The summed E-state index contributed by atoms with van der Waals surface area (Å²) in [7, 11) is 0. The summed E-state index contributed by atoms with van der Waals surface area (Å²) in [6.07, 6.45) is 0. The Kier molecular flexibility index (Phi) is 8.34. The number of non-ortho nitro benzene ring substituents is 1. The van der Waals surface area contributed by atoms with Crippen LogP contribution < -0.4 is 26.8 Å². The van der Waals surface area contributed by atoms with Crippen LogP contribution in [0, 0.1) is 37.8 Å². The Balaban J connectivity index is 1.20. The first kappa shape index (κ1) is 28.8. The number of nitro benzene ring substituents is 1. The molecule has 0 heterocycles. The number of aryl methyl sites for hydroxylation is 4. The Labute approximate surface area is 250 Å². The number of phenolic OH excluding ortho intramolecular Hbond substituents is 1. The molecule has 0 radical (unpaired) electrons. The molecule has 43 heavy (non-hydrogen) atoms. The van der Waals surface area contributed by atoms with Gasteiger partial charge < -0.3 is 31.9 Å². The quantitative estimate of drug-likeness (QED) is 0.0554. The molecular formula is C34H34N6O3. The van der Waals surface area contributed by atoms with Gasteiger partial charge in [0.25, 0.3) is 5.69 Å². The molecule has 0 aliphatic rings. The Bertz CT molecular complexity index is 1800. The van der Waals surface area contributed by atoms with Crippen LogP contribution in [-0.4, -0.2) is 10.0 Å². The third kappa shape index (κ3) is 7.15. The van der Waals surface area contributed by atoms with Gasteiger partial charge in [0.05, 0.1) is 16.3 Å². The van der Waals surface area contributed by atoms with Gasteiger partial charge in [-0.1, -0.05) is 6.07 Å². The van der Waals surface area contributed by atoms with Crippen LogP contribution in [-0.2, 0) is 0 Å². The topological polar surface area (TPSA) is 124 Å². The molecule has 0 atom stereocenters. The van der Waals surface area contributed by atoms with Crippen LogP contribution >= 0.6 is 0 Å². The highest BCUT2D eigenvalue weighted by molar-refractivity contribution is 5.74. The average molecular weight is 575 g/mol. The Hall–Kier alpha value is -5.70. The van der Waals surface area contributed by atoms with E-state index in [1.165, 1.54) is 12.1 Å². The lowest BCUT2D eigenvalue weighted by Gasteiger charge is -2.16. The number of phenols is 1. The maximum atomic E-state index is 11.0. The fourth-order valence-corrected chi connectivity index (χ4v) is 4.69. The van der Waals surface area contributed by atoms with Gasteiger partial charge in [0, 0.05) is 46.3 Å². The number of hydrogen-bond donors (Lipinski definition) is 6. The first-order chi connectivity index (χ1) is 20.6. The molecule has 0 fully saturated rings. The molecule has 6 N–H and O–H groups in total. The molecule has 218 valence electrons. The molecule has 9 heteroatoms. The van der Waals surface area contributed by atoms with E-state index in [1.54, 1.807) is 18.2 Å². The van der Waals surface area contributed by atoms with E-state index in [4.69, 9.17) is 0 Å². The molecule has 0 aliphatic carbocycles. The standard InChI is InChI=1S/C34H34N6O3/c1-21-16-26(36-33-14-10-29(18-23(33)3)39-38-28-6-5-7-30(20-28)40(42)43)8-12-31(21)35-25-9-13-32(22(2)17-25)37-27-11-15-34(41)24(4)19-27/h5-20,35-39,41H,1-4H3. The highest BCUT2D eigenvalue weighted by Gasteiger charge is 2.08. The van der Waals surface area contributed by atoms with Crippen molar-refractivity contribution in [2.24, 2.45) is 0 Å². The van der Waals surface area contributed by atoms with Gasteiger partial charge in [0.15, 0.2) is 0 Å². The highest BCUT2D eigenvalue weighted by Crippen LogP contribution is 2.31. The van der Waals surface area contributed by atoms with E-state index in [0.29, 0.717) is 5.69 Å². The van der Waals surface area contributed by atoms with E-state index < -0.39 is 4.92 Å². The number of hydrazine groups is 1. The van der Waals surface area contributed by atoms with Gasteiger partial charge >= 0.3 is 0 Å². The molecular weight excluding hydrogens is 540 g/mol. The van der Waals surface area contributed by atoms with Crippen LogP contribution in [0.4, 0.5) is 51.2 Å². The van der Waals surface area contributed by atoms with Crippen molar-refractivity contribution in [3.8, 4) is 5.75 Å². The number of nitro groups is 1. The third-order valence-corrected chi connectivity index (χ3v) is 7.12. The minimum Gasteiger partial charge on any atom is -0.508 e. The molecule has 9 nitrogen and oxygen atoms in total. The fraction of sp³-hybridized carbons (Fsp3) is 0.118. The number of hydrogen-bond acceptors (Lipinski definition) is 8. The van der Waals surface area contributed by atoms with E-state index in [0.717, 1.165) is 62.1 Å². The van der Waals surface area contributed by atoms with Gasteiger partial charge in [0.2, 0.25) is 0 Å². The second-order valence-corrected chi connectivity index (χ2v) is 10.5. The van der Waals surface area contributed by atoms with Crippen molar-refractivity contribution in [2.75, 3.05) is 26.8 Å². The summed E-state index contributed by atoms with van der Waals surface area (Å²) in [4.78, 5) is 10.6. The molecule has 5 aromatic carbocycles. The number of benzene rings is 5. The third-order valence-electron chi connectivity index (χ3n) is 7.12. The normalized spacial score (nSPS) is 10.6. The molecule has 0 unspecified atom stereocenters. The lowest BCUT2D eigenvalue weighted by molar-refractivity contribution is -0.384. The van der Waals surface area contributed by atoms with Crippen molar-refractivity contribution < 1.29 is 10.0 Å². The maximum Gasteiger partial charge on any atom is 0.271 e. The number of nitrogens with one attached hydrogen (secondary N) is 5. The molecule has 5 rings (SSSR count). The zero-order valence-electron chi connectivity index (χ0n) is 24.4. The molecule has 0 saturated carbocycles. The molecule has 0 bridgehead atoms. The van der Waals surface area contributed by atoms with E-state index in [1.807, 2.05) is 62.4 Å². The lowest BCUT2D eigenvalue weighted by Crippen LogP contribution is -2.09. The monoisotopic (exact) mass is 574 g/mol. The Morgan fingerprint density at radius 1 is 0.535 bits per heavy atom. The first-order valence-electron chi connectivity index (χ1n) is 13.8. The first-order valence-corrected chi connectivity index (χ1v) is 13.8. The zero-order valence-corrected chi connectivity index (χ0v) is 24.4. The maximum absolute atomic E-state index is 11.0. The van der Waals surface area contributed by atoms with Gasteiger partial charge in [-0.15, -0.1) is 0 Å². The minimum atomic E-state index is -0.418. The average Bonchev–Trinajstić information content (AvgIpc) is 2.98. The predicted molar refractivity (Wildman–Crippen MR) is 177 cm³/mol. The van der Waals surface area contributed by atoms with Crippen LogP contribution in [0.3, 0.4) is 0 Å². The smallest absolute Gasteiger partial charge is 0.271 e. The van der Waals surface area contributed by atoms with Crippen molar-refractivity contribution >= 4 is 51.2 Å². The van der Waals surface area contributed by atoms with Gasteiger partial charge in [-0.2, -0.15) is 0 Å². The summed E-state index contributed by atoms with van der Waals surface area (Å²) >= 11 is 0. The van der Waals surface area contributed by atoms with Crippen LogP contribution in [0.15, 0.2) is 97.1 Å². The summed E-state index contributed by atoms with van der Waals surface area (Å²) in [5.74, 6) is 0.286. The molecule has 0 amide bonds. The lowest BCUT2D eigenvalue weighted by atomic mass is 10.1. The van der Waals surface area contributed by atoms with Crippen LogP contribution in [0.25, 0.3) is 0 Å². The van der Waals surface area contributed by atoms with E-state index >= 15 is 0 Å². The number of anilines is 8.